The Balaban J connectivity index is 1.69. The minimum absolute atomic E-state index is 0.302. The van der Waals surface area contributed by atoms with E-state index in [-0.39, 0.29) is 5.54 Å². The first-order valence-corrected chi connectivity index (χ1v) is 6.41. The fourth-order valence-electron chi connectivity index (χ4n) is 2.25. The van der Waals surface area contributed by atoms with Gasteiger partial charge in [0.25, 0.3) is 0 Å². The smallest absolute Gasteiger partial charge is 0.407 e. The summed E-state index contributed by atoms with van der Waals surface area (Å²) in [5, 5.41) is 2.72. The van der Waals surface area contributed by atoms with E-state index in [1.165, 1.54) is 0 Å². The minimum atomic E-state index is -0.393. The first-order valence-electron chi connectivity index (χ1n) is 6.41. The molecule has 18 heavy (non-hydrogen) atoms. The zero-order valence-electron chi connectivity index (χ0n) is 10.5. The molecule has 3 N–H and O–H groups in total. The topological polar surface area (TPSA) is 64.3 Å². The Hall–Kier alpha value is -1.55. The minimum Gasteiger partial charge on any atom is -0.448 e. The predicted octanol–water partition coefficient (Wildman–Crippen LogP) is 2.18. The van der Waals surface area contributed by atoms with E-state index in [0.717, 1.165) is 31.2 Å². The molecule has 0 unspecified atom stereocenters. The van der Waals surface area contributed by atoms with Crippen molar-refractivity contribution in [3.8, 4) is 0 Å². The molecule has 0 heterocycles. The number of carbonyl (C=O) groups is 1. The Morgan fingerprint density at radius 3 is 2.61 bits per heavy atom. The molecular weight excluding hydrogens is 228 g/mol. The van der Waals surface area contributed by atoms with Crippen LogP contribution in [0.1, 0.15) is 31.2 Å². The second-order valence-corrected chi connectivity index (χ2v) is 4.98. The van der Waals surface area contributed by atoms with E-state index in [0.29, 0.717) is 13.2 Å². The lowest BCUT2D eigenvalue weighted by Crippen LogP contribution is -2.43. The monoisotopic (exact) mass is 248 g/mol. The maximum absolute atomic E-state index is 11.5. The molecule has 1 amide bonds. The van der Waals surface area contributed by atoms with Crippen molar-refractivity contribution >= 4 is 6.09 Å². The molecule has 1 fully saturated rings. The number of rotatable bonds is 4. The summed E-state index contributed by atoms with van der Waals surface area (Å²) >= 11 is 0. The number of amides is 1. The normalized spacial score (nSPS) is 17.4. The van der Waals surface area contributed by atoms with Crippen LogP contribution in [0.25, 0.3) is 0 Å². The molecule has 0 saturated heterocycles. The van der Waals surface area contributed by atoms with E-state index in [1.54, 1.807) is 0 Å². The molecule has 0 radical (unpaired) electrons. The number of nitrogens with one attached hydrogen (secondary N) is 1. The van der Waals surface area contributed by atoms with Gasteiger partial charge in [0.1, 0.15) is 6.61 Å². The highest BCUT2D eigenvalue weighted by atomic mass is 16.5. The lowest BCUT2D eigenvalue weighted by Gasteiger charge is -2.22. The number of alkyl carbamates (subject to hydrolysis) is 1. The van der Waals surface area contributed by atoms with Crippen LogP contribution in [0.2, 0.25) is 0 Å². The number of hydrogen-bond donors (Lipinski definition) is 2. The molecule has 1 aliphatic rings. The molecule has 98 valence electrons. The molecule has 1 aliphatic carbocycles. The molecule has 2 rings (SSSR count). The van der Waals surface area contributed by atoms with Crippen LogP contribution in [0, 0.1) is 0 Å². The Morgan fingerprint density at radius 2 is 1.94 bits per heavy atom. The summed E-state index contributed by atoms with van der Waals surface area (Å²) in [6, 6.07) is 9.74. The third kappa shape index (κ3) is 3.74. The SMILES string of the molecule is NC1(COC(=O)NCc2ccccc2)CCCC1. The van der Waals surface area contributed by atoms with Gasteiger partial charge in [0.2, 0.25) is 0 Å². The van der Waals surface area contributed by atoms with Gasteiger partial charge in [0.05, 0.1) is 5.54 Å². The van der Waals surface area contributed by atoms with Gasteiger partial charge in [-0.1, -0.05) is 43.2 Å². The van der Waals surface area contributed by atoms with Gasteiger partial charge >= 0.3 is 6.09 Å². The van der Waals surface area contributed by atoms with Crippen molar-refractivity contribution in [2.45, 2.75) is 37.8 Å². The van der Waals surface area contributed by atoms with Crippen molar-refractivity contribution in [1.82, 2.24) is 5.32 Å². The maximum Gasteiger partial charge on any atom is 0.407 e. The summed E-state index contributed by atoms with van der Waals surface area (Å²) < 4.78 is 5.18. The van der Waals surface area contributed by atoms with Gasteiger partial charge in [-0.2, -0.15) is 0 Å². The molecule has 0 spiro atoms. The predicted molar refractivity (Wildman–Crippen MR) is 70.0 cm³/mol. The van der Waals surface area contributed by atoms with E-state index in [1.807, 2.05) is 30.3 Å². The largest absolute Gasteiger partial charge is 0.448 e. The van der Waals surface area contributed by atoms with Crippen molar-refractivity contribution in [2.24, 2.45) is 5.73 Å². The van der Waals surface area contributed by atoms with Gasteiger partial charge in [0.15, 0.2) is 0 Å². The first-order chi connectivity index (χ1) is 8.68. The van der Waals surface area contributed by atoms with Gasteiger partial charge in [-0.25, -0.2) is 4.79 Å². The molecule has 1 saturated carbocycles. The molecule has 1 aromatic rings. The average Bonchev–Trinajstić information content (AvgIpc) is 2.83. The van der Waals surface area contributed by atoms with Crippen molar-refractivity contribution < 1.29 is 9.53 Å². The number of hydrogen-bond acceptors (Lipinski definition) is 3. The second-order valence-electron chi connectivity index (χ2n) is 4.98. The van der Waals surface area contributed by atoms with Gasteiger partial charge in [-0.15, -0.1) is 0 Å². The molecular formula is C14H20N2O2. The Morgan fingerprint density at radius 1 is 1.28 bits per heavy atom. The van der Waals surface area contributed by atoms with Gasteiger partial charge in [-0.3, -0.25) is 0 Å². The van der Waals surface area contributed by atoms with Gasteiger partial charge in [-0.05, 0) is 18.4 Å². The Kier molecular flexibility index (Phi) is 4.20. The molecule has 1 aromatic carbocycles. The van der Waals surface area contributed by atoms with Crippen LogP contribution >= 0.6 is 0 Å². The molecule has 4 heteroatoms. The summed E-state index contributed by atoms with van der Waals surface area (Å²) in [7, 11) is 0. The molecule has 0 aliphatic heterocycles. The van der Waals surface area contributed by atoms with Gasteiger partial charge in [0, 0.05) is 6.54 Å². The highest BCUT2D eigenvalue weighted by Gasteiger charge is 2.30. The van der Waals surface area contributed by atoms with Crippen molar-refractivity contribution in [3.05, 3.63) is 35.9 Å². The molecule has 0 bridgehead atoms. The third-order valence-corrected chi connectivity index (χ3v) is 3.37. The third-order valence-electron chi connectivity index (χ3n) is 3.37. The highest BCUT2D eigenvalue weighted by Crippen LogP contribution is 2.27. The van der Waals surface area contributed by atoms with E-state index in [4.69, 9.17) is 10.5 Å². The van der Waals surface area contributed by atoms with E-state index in [2.05, 4.69) is 5.32 Å². The second kappa shape index (κ2) is 5.87. The van der Waals surface area contributed by atoms with Crippen molar-refractivity contribution in [3.63, 3.8) is 0 Å². The summed E-state index contributed by atoms with van der Waals surface area (Å²) in [5.41, 5.74) is 6.86. The number of carbonyl (C=O) groups excluding carboxylic acids is 1. The fraction of sp³-hybridized carbons (Fsp3) is 0.500. The molecule has 0 aromatic heterocycles. The summed E-state index contributed by atoms with van der Waals surface area (Å²) in [4.78, 5) is 11.5. The Labute approximate surface area is 108 Å². The van der Waals surface area contributed by atoms with E-state index in [9.17, 15) is 4.79 Å². The quantitative estimate of drug-likeness (QED) is 0.858. The van der Waals surface area contributed by atoms with Crippen LogP contribution in [0.5, 0.6) is 0 Å². The van der Waals surface area contributed by atoms with Crippen LogP contribution in [0.4, 0.5) is 4.79 Å². The summed E-state index contributed by atoms with van der Waals surface area (Å²) in [6.45, 7) is 0.796. The first kappa shape index (κ1) is 12.9. The van der Waals surface area contributed by atoms with Crippen LogP contribution < -0.4 is 11.1 Å². The maximum atomic E-state index is 11.5. The van der Waals surface area contributed by atoms with Crippen molar-refractivity contribution in [2.75, 3.05) is 6.61 Å². The summed E-state index contributed by atoms with van der Waals surface area (Å²) in [6.07, 6.45) is 3.75. The zero-order chi connectivity index (χ0) is 12.8. The number of benzene rings is 1. The van der Waals surface area contributed by atoms with Crippen LogP contribution in [0.3, 0.4) is 0 Å². The fourth-order valence-corrected chi connectivity index (χ4v) is 2.25. The number of nitrogens with two attached hydrogens (primary N) is 1. The summed E-state index contributed by atoms with van der Waals surface area (Å²) in [5.74, 6) is 0. The zero-order valence-corrected chi connectivity index (χ0v) is 10.5. The lowest BCUT2D eigenvalue weighted by atomic mass is 10.0. The van der Waals surface area contributed by atoms with E-state index >= 15 is 0 Å². The van der Waals surface area contributed by atoms with Crippen molar-refractivity contribution in [1.29, 1.82) is 0 Å². The van der Waals surface area contributed by atoms with Crippen LogP contribution in [-0.4, -0.2) is 18.2 Å². The van der Waals surface area contributed by atoms with Crippen LogP contribution in [-0.2, 0) is 11.3 Å². The molecule has 0 atom stereocenters. The lowest BCUT2D eigenvalue weighted by molar-refractivity contribution is 0.117. The van der Waals surface area contributed by atoms with Crippen LogP contribution in [0.15, 0.2) is 30.3 Å². The number of ether oxygens (including phenoxy) is 1. The average molecular weight is 248 g/mol. The van der Waals surface area contributed by atoms with E-state index < -0.39 is 6.09 Å². The van der Waals surface area contributed by atoms with Gasteiger partial charge < -0.3 is 15.8 Å². The highest BCUT2D eigenvalue weighted by molar-refractivity contribution is 5.67. The molecule has 4 nitrogen and oxygen atoms in total. The standard InChI is InChI=1S/C14H20N2O2/c15-14(8-4-5-9-14)11-18-13(17)16-10-12-6-2-1-3-7-12/h1-3,6-7H,4-5,8-11,15H2,(H,16,17). The Bertz CT molecular complexity index is 386.